The van der Waals surface area contributed by atoms with E-state index in [0.29, 0.717) is 24.4 Å². The molecule has 0 aromatic heterocycles. The van der Waals surface area contributed by atoms with Gasteiger partial charge in [-0.1, -0.05) is 0 Å². The summed E-state index contributed by atoms with van der Waals surface area (Å²) in [6.45, 7) is 4.63. The van der Waals surface area contributed by atoms with Crippen molar-refractivity contribution in [1.82, 2.24) is 9.21 Å². The Morgan fingerprint density at radius 2 is 1.78 bits per heavy atom. The average molecular weight is 337 g/mol. The molecule has 2 aliphatic rings. The number of carbonyl (C=O) groups excluding carboxylic acids is 1. The van der Waals surface area contributed by atoms with E-state index in [2.05, 4.69) is 4.90 Å². The summed E-state index contributed by atoms with van der Waals surface area (Å²) in [7, 11) is -1.48. The van der Waals surface area contributed by atoms with Gasteiger partial charge >= 0.3 is 0 Å². The van der Waals surface area contributed by atoms with Crippen molar-refractivity contribution in [2.24, 2.45) is 0 Å². The minimum absolute atomic E-state index is 0.0430. The quantitative estimate of drug-likeness (QED) is 0.830. The normalized spacial score (nSPS) is 24.3. The topological polar surface area (TPSA) is 60.9 Å². The fourth-order valence-electron chi connectivity index (χ4n) is 3.33. The standard InChI is InChI=1S/C16H23N3O3S/c1-13-12-17(2)10-11-19(13)23(21,22)15-7-5-14(6-8-15)18-9-3-4-16(18)20/h5-8,13H,3-4,9-12H2,1-2H3. The second kappa shape index (κ2) is 6.22. The number of anilines is 1. The second-order valence-electron chi connectivity index (χ2n) is 6.37. The van der Waals surface area contributed by atoms with Gasteiger partial charge < -0.3 is 9.80 Å². The van der Waals surface area contributed by atoms with Gasteiger partial charge in [-0.2, -0.15) is 4.31 Å². The molecule has 1 unspecified atom stereocenters. The predicted octanol–water partition coefficient (Wildman–Crippen LogP) is 1.14. The molecule has 1 aromatic carbocycles. The van der Waals surface area contributed by atoms with Crippen LogP contribution in [0.5, 0.6) is 0 Å². The van der Waals surface area contributed by atoms with Gasteiger partial charge in [-0.3, -0.25) is 4.79 Å². The molecule has 0 aliphatic carbocycles. The molecule has 2 saturated heterocycles. The first kappa shape index (κ1) is 16.4. The Morgan fingerprint density at radius 3 is 2.35 bits per heavy atom. The van der Waals surface area contributed by atoms with Crippen molar-refractivity contribution in [2.75, 3.05) is 38.1 Å². The van der Waals surface area contributed by atoms with Crippen LogP contribution < -0.4 is 4.90 Å². The molecular weight excluding hydrogens is 314 g/mol. The summed E-state index contributed by atoms with van der Waals surface area (Å²) < 4.78 is 27.2. The van der Waals surface area contributed by atoms with Crippen LogP contribution in [0.2, 0.25) is 0 Å². The Bertz CT molecular complexity index is 687. The van der Waals surface area contributed by atoms with E-state index in [1.807, 2.05) is 14.0 Å². The molecule has 6 nitrogen and oxygen atoms in total. The highest BCUT2D eigenvalue weighted by Gasteiger charge is 2.32. The zero-order chi connectivity index (χ0) is 16.6. The van der Waals surface area contributed by atoms with E-state index in [9.17, 15) is 13.2 Å². The predicted molar refractivity (Wildman–Crippen MR) is 88.9 cm³/mol. The number of carbonyl (C=O) groups is 1. The van der Waals surface area contributed by atoms with Crippen LogP contribution in [-0.2, 0) is 14.8 Å². The van der Waals surface area contributed by atoms with Crippen molar-refractivity contribution in [3.8, 4) is 0 Å². The van der Waals surface area contributed by atoms with Gasteiger partial charge in [0.05, 0.1) is 4.90 Å². The summed E-state index contributed by atoms with van der Waals surface area (Å²) in [5.41, 5.74) is 0.776. The third kappa shape index (κ3) is 3.13. The monoisotopic (exact) mass is 337 g/mol. The van der Waals surface area contributed by atoms with Crippen molar-refractivity contribution in [3.63, 3.8) is 0 Å². The summed E-state index contributed by atoms with van der Waals surface area (Å²) in [6.07, 6.45) is 1.43. The lowest BCUT2D eigenvalue weighted by molar-refractivity contribution is -0.117. The Balaban J connectivity index is 1.82. The molecule has 1 amide bonds. The smallest absolute Gasteiger partial charge is 0.243 e. The van der Waals surface area contributed by atoms with Crippen LogP contribution in [0.4, 0.5) is 5.69 Å². The highest BCUT2D eigenvalue weighted by molar-refractivity contribution is 7.89. The van der Waals surface area contributed by atoms with E-state index in [4.69, 9.17) is 0 Å². The van der Waals surface area contributed by atoms with Crippen molar-refractivity contribution in [3.05, 3.63) is 24.3 Å². The largest absolute Gasteiger partial charge is 0.312 e. The Labute approximate surface area is 137 Å². The Morgan fingerprint density at radius 1 is 1.09 bits per heavy atom. The van der Waals surface area contributed by atoms with E-state index in [1.165, 1.54) is 0 Å². The molecule has 126 valence electrons. The van der Waals surface area contributed by atoms with Gasteiger partial charge in [-0.25, -0.2) is 8.42 Å². The average Bonchev–Trinajstić information content (AvgIpc) is 2.93. The summed E-state index contributed by atoms with van der Waals surface area (Å²) in [4.78, 5) is 15.9. The molecule has 0 N–H and O–H groups in total. The first-order chi connectivity index (χ1) is 10.9. The lowest BCUT2D eigenvalue weighted by atomic mass is 10.2. The Kier molecular flexibility index (Phi) is 4.44. The fourth-order valence-corrected chi connectivity index (χ4v) is 4.95. The highest BCUT2D eigenvalue weighted by Crippen LogP contribution is 2.26. The van der Waals surface area contributed by atoms with E-state index in [1.54, 1.807) is 33.5 Å². The third-order valence-corrected chi connectivity index (χ3v) is 6.63. The summed E-state index contributed by atoms with van der Waals surface area (Å²) in [6, 6.07) is 6.65. The number of hydrogen-bond donors (Lipinski definition) is 0. The first-order valence-electron chi connectivity index (χ1n) is 8.00. The molecule has 0 bridgehead atoms. The van der Waals surface area contributed by atoms with E-state index in [0.717, 1.165) is 25.2 Å². The van der Waals surface area contributed by atoms with Crippen LogP contribution >= 0.6 is 0 Å². The van der Waals surface area contributed by atoms with Gasteiger partial charge in [0.2, 0.25) is 15.9 Å². The van der Waals surface area contributed by atoms with Crippen LogP contribution in [0.1, 0.15) is 19.8 Å². The summed E-state index contributed by atoms with van der Waals surface area (Å²) >= 11 is 0. The molecule has 23 heavy (non-hydrogen) atoms. The molecule has 7 heteroatoms. The van der Waals surface area contributed by atoms with E-state index >= 15 is 0 Å². The maximum absolute atomic E-state index is 12.8. The molecule has 2 fully saturated rings. The second-order valence-corrected chi connectivity index (χ2v) is 8.26. The molecule has 1 aromatic rings. The molecule has 0 saturated carbocycles. The molecule has 0 spiro atoms. The molecule has 2 aliphatic heterocycles. The van der Waals surface area contributed by atoms with Gasteiger partial charge in [0.1, 0.15) is 0 Å². The minimum Gasteiger partial charge on any atom is -0.312 e. The van der Waals surface area contributed by atoms with E-state index < -0.39 is 10.0 Å². The van der Waals surface area contributed by atoms with Gasteiger partial charge in [-0.05, 0) is 44.7 Å². The third-order valence-electron chi connectivity index (χ3n) is 4.60. The SMILES string of the molecule is CC1CN(C)CCN1S(=O)(=O)c1ccc(N2CCCC2=O)cc1. The first-order valence-corrected chi connectivity index (χ1v) is 9.44. The zero-order valence-electron chi connectivity index (χ0n) is 13.6. The molecule has 3 rings (SSSR count). The maximum Gasteiger partial charge on any atom is 0.243 e. The molecule has 0 radical (unpaired) electrons. The fraction of sp³-hybridized carbons (Fsp3) is 0.562. The van der Waals surface area contributed by atoms with Crippen LogP contribution in [0.15, 0.2) is 29.2 Å². The molecule has 1 atom stereocenters. The number of nitrogens with zero attached hydrogens (tertiary/aromatic N) is 3. The lowest BCUT2D eigenvalue weighted by Crippen LogP contribution is -2.52. The van der Waals surface area contributed by atoms with Gasteiger partial charge in [0.15, 0.2) is 0 Å². The molecular formula is C16H23N3O3S. The highest BCUT2D eigenvalue weighted by atomic mass is 32.2. The van der Waals surface area contributed by atoms with E-state index in [-0.39, 0.29) is 11.9 Å². The number of likely N-dealkylation sites (N-methyl/N-ethyl adjacent to an activating group) is 1. The van der Waals surface area contributed by atoms with Crippen LogP contribution in [0.3, 0.4) is 0 Å². The van der Waals surface area contributed by atoms with Gasteiger partial charge in [0, 0.05) is 44.3 Å². The number of sulfonamides is 1. The maximum atomic E-state index is 12.8. The summed E-state index contributed by atoms with van der Waals surface area (Å²) in [5.74, 6) is 0.105. The number of rotatable bonds is 3. The van der Waals surface area contributed by atoms with Gasteiger partial charge in [0.25, 0.3) is 0 Å². The van der Waals surface area contributed by atoms with Crippen molar-refractivity contribution >= 4 is 21.6 Å². The number of hydrogen-bond acceptors (Lipinski definition) is 4. The van der Waals surface area contributed by atoms with Crippen LogP contribution in [0.25, 0.3) is 0 Å². The lowest BCUT2D eigenvalue weighted by Gasteiger charge is -2.37. The van der Waals surface area contributed by atoms with Crippen molar-refractivity contribution in [1.29, 1.82) is 0 Å². The minimum atomic E-state index is -3.49. The summed E-state index contributed by atoms with van der Waals surface area (Å²) in [5, 5.41) is 0. The molecule has 2 heterocycles. The van der Waals surface area contributed by atoms with Crippen molar-refractivity contribution in [2.45, 2.75) is 30.7 Å². The number of benzene rings is 1. The van der Waals surface area contributed by atoms with Crippen LogP contribution in [-0.4, -0.2) is 62.8 Å². The van der Waals surface area contributed by atoms with Crippen molar-refractivity contribution < 1.29 is 13.2 Å². The Hall–Kier alpha value is -1.44. The van der Waals surface area contributed by atoms with Gasteiger partial charge in [-0.15, -0.1) is 0 Å². The van der Waals surface area contributed by atoms with Crippen LogP contribution in [0, 0.1) is 0 Å². The number of piperazine rings is 1. The number of amides is 1. The zero-order valence-corrected chi connectivity index (χ0v) is 14.4.